The minimum Gasteiger partial charge on any atom is -0.293 e. The van der Waals surface area contributed by atoms with Crippen LogP contribution in [0.1, 0.15) is 23.2 Å². The summed E-state index contributed by atoms with van der Waals surface area (Å²) in [7, 11) is -3.44. The van der Waals surface area contributed by atoms with Crippen LogP contribution in [0.25, 0.3) is 0 Å². The number of benzene rings is 1. The summed E-state index contributed by atoms with van der Waals surface area (Å²) in [4.78, 5) is 20.5. The molecule has 0 N–H and O–H groups in total. The number of rotatable bonds is 6. The summed E-state index contributed by atoms with van der Waals surface area (Å²) in [5.74, 6) is 0.125. The van der Waals surface area contributed by atoms with Gasteiger partial charge in [-0.3, -0.25) is 4.79 Å². The molecule has 1 saturated heterocycles. The first kappa shape index (κ1) is 17.1. The fourth-order valence-corrected chi connectivity index (χ4v) is 4.68. The first-order chi connectivity index (χ1) is 11.6. The normalized spacial score (nSPS) is 15.5. The molecule has 24 heavy (non-hydrogen) atoms. The molecule has 1 aliphatic heterocycles. The Hall–Kier alpha value is -1.77. The predicted octanol–water partition coefficient (Wildman–Crippen LogP) is 2.24. The van der Waals surface area contributed by atoms with Crippen molar-refractivity contribution >= 4 is 27.6 Å². The molecule has 2 heterocycles. The molecular formula is C16H17N3O3S2. The van der Waals surface area contributed by atoms with Gasteiger partial charge in [-0.05, 0) is 31.0 Å². The lowest BCUT2D eigenvalue weighted by molar-refractivity contribution is 0.102. The van der Waals surface area contributed by atoms with Crippen LogP contribution < -0.4 is 0 Å². The summed E-state index contributed by atoms with van der Waals surface area (Å²) in [5.41, 5.74) is 0.485. The second-order valence-corrected chi connectivity index (χ2v) is 8.26. The molecule has 0 spiro atoms. The number of carbonyl (C=O) groups is 1. The highest BCUT2D eigenvalue weighted by atomic mass is 32.2. The lowest BCUT2D eigenvalue weighted by Crippen LogP contribution is -2.27. The molecular weight excluding hydrogens is 346 g/mol. The number of hydrogen-bond donors (Lipinski definition) is 0. The predicted molar refractivity (Wildman–Crippen MR) is 91.5 cm³/mol. The van der Waals surface area contributed by atoms with Crippen LogP contribution in [0.2, 0.25) is 0 Å². The molecule has 0 bridgehead atoms. The first-order valence-electron chi connectivity index (χ1n) is 7.60. The molecule has 2 aromatic rings. The van der Waals surface area contributed by atoms with Gasteiger partial charge in [0.15, 0.2) is 10.9 Å². The molecule has 1 fully saturated rings. The van der Waals surface area contributed by atoms with Gasteiger partial charge in [-0.1, -0.05) is 23.9 Å². The maximum Gasteiger partial charge on any atom is 0.243 e. The van der Waals surface area contributed by atoms with E-state index in [1.165, 1.54) is 28.2 Å². The minimum absolute atomic E-state index is 0.0856. The third-order valence-electron chi connectivity index (χ3n) is 3.75. The molecule has 8 heteroatoms. The average Bonchev–Trinajstić information content (AvgIpc) is 3.16. The minimum atomic E-state index is -3.44. The Morgan fingerprint density at radius 3 is 2.33 bits per heavy atom. The van der Waals surface area contributed by atoms with Crippen LogP contribution in [0.5, 0.6) is 0 Å². The van der Waals surface area contributed by atoms with Crippen LogP contribution in [-0.4, -0.2) is 47.3 Å². The lowest BCUT2D eigenvalue weighted by Gasteiger charge is -2.15. The highest BCUT2D eigenvalue weighted by Gasteiger charge is 2.27. The molecule has 0 unspecified atom stereocenters. The first-order valence-corrected chi connectivity index (χ1v) is 10.0. The van der Waals surface area contributed by atoms with Gasteiger partial charge < -0.3 is 0 Å². The summed E-state index contributed by atoms with van der Waals surface area (Å²) in [6.45, 7) is 1.13. The van der Waals surface area contributed by atoms with Crippen molar-refractivity contribution in [3.05, 3.63) is 48.3 Å². The number of thioether (sulfide) groups is 1. The molecule has 0 atom stereocenters. The van der Waals surface area contributed by atoms with Crippen molar-refractivity contribution in [2.24, 2.45) is 0 Å². The maximum atomic E-state index is 12.4. The van der Waals surface area contributed by atoms with E-state index in [-0.39, 0.29) is 16.4 Å². The van der Waals surface area contributed by atoms with Gasteiger partial charge in [-0.25, -0.2) is 18.4 Å². The molecule has 126 valence electrons. The Kier molecular flexibility index (Phi) is 5.27. The number of Topliss-reactive ketones (excluding diaryl/α,β-unsaturated/α-hetero) is 1. The van der Waals surface area contributed by atoms with E-state index in [1.807, 2.05) is 0 Å². The number of carbonyl (C=O) groups excluding carboxylic acids is 1. The number of sulfonamides is 1. The van der Waals surface area contributed by atoms with Gasteiger partial charge in [0.05, 0.1) is 10.6 Å². The molecule has 1 aliphatic rings. The van der Waals surface area contributed by atoms with E-state index < -0.39 is 10.0 Å². The Bertz CT molecular complexity index is 802. The van der Waals surface area contributed by atoms with E-state index in [0.29, 0.717) is 23.8 Å². The van der Waals surface area contributed by atoms with Gasteiger partial charge in [-0.15, -0.1) is 0 Å². The molecule has 1 aromatic carbocycles. The molecule has 3 rings (SSSR count). The molecule has 0 saturated carbocycles. The summed E-state index contributed by atoms with van der Waals surface area (Å²) >= 11 is 1.26. The van der Waals surface area contributed by atoms with E-state index in [2.05, 4.69) is 9.97 Å². The molecule has 0 amide bonds. The second kappa shape index (κ2) is 7.42. The zero-order valence-corrected chi connectivity index (χ0v) is 14.6. The van der Waals surface area contributed by atoms with Gasteiger partial charge in [0, 0.05) is 31.0 Å². The fourth-order valence-electron chi connectivity index (χ4n) is 2.46. The van der Waals surface area contributed by atoms with Crippen LogP contribution in [0.15, 0.2) is 52.8 Å². The SMILES string of the molecule is O=C(CSc1ncccn1)c1ccc(S(=O)(=O)N2CCCC2)cc1. The Labute approximate surface area is 145 Å². The molecule has 6 nitrogen and oxygen atoms in total. The highest BCUT2D eigenvalue weighted by Crippen LogP contribution is 2.22. The Balaban J connectivity index is 1.66. The van der Waals surface area contributed by atoms with E-state index in [9.17, 15) is 13.2 Å². The lowest BCUT2D eigenvalue weighted by atomic mass is 10.1. The zero-order valence-electron chi connectivity index (χ0n) is 13.0. The van der Waals surface area contributed by atoms with Crippen molar-refractivity contribution in [3.8, 4) is 0 Å². The topological polar surface area (TPSA) is 80.2 Å². The van der Waals surface area contributed by atoms with E-state index in [1.54, 1.807) is 30.6 Å². The van der Waals surface area contributed by atoms with E-state index in [0.717, 1.165) is 12.8 Å². The molecule has 0 radical (unpaired) electrons. The monoisotopic (exact) mass is 363 g/mol. The number of aromatic nitrogens is 2. The van der Waals surface area contributed by atoms with Gasteiger partial charge in [0.1, 0.15) is 0 Å². The van der Waals surface area contributed by atoms with E-state index >= 15 is 0 Å². The van der Waals surface area contributed by atoms with Crippen molar-refractivity contribution in [1.82, 2.24) is 14.3 Å². The van der Waals surface area contributed by atoms with Crippen molar-refractivity contribution in [3.63, 3.8) is 0 Å². The Morgan fingerprint density at radius 2 is 1.71 bits per heavy atom. The van der Waals surface area contributed by atoms with Crippen molar-refractivity contribution in [2.45, 2.75) is 22.9 Å². The van der Waals surface area contributed by atoms with Crippen molar-refractivity contribution in [2.75, 3.05) is 18.8 Å². The van der Waals surface area contributed by atoms with Crippen molar-refractivity contribution < 1.29 is 13.2 Å². The van der Waals surface area contributed by atoms with Crippen LogP contribution in [0.4, 0.5) is 0 Å². The third-order valence-corrected chi connectivity index (χ3v) is 6.54. The summed E-state index contributed by atoms with van der Waals surface area (Å²) in [6.07, 6.45) is 5.04. The standard InChI is InChI=1S/C16H17N3O3S2/c20-15(12-23-16-17-8-3-9-18-16)13-4-6-14(7-5-13)24(21,22)19-10-1-2-11-19/h3-9H,1-2,10-12H2. The third kappa shape index (κ3) is 3.82. The average molecular weight is 363 g/mol. The van der Waals surface area contributed by atoms with Crippen molar-refractivity contribution in [1.29, 1.82) is 0 Å². The smallest absolute Gasteiger partial charge is 0.243 e. The summed E-state index contributed by atoms with van der Waals surface area (Å²) < 4.78 is 26.4. The second-order valence-electron chi connectivity index (χ2n) is 5.38. The largest absolute Gasteiger partial charge is 0.293 e. The maximum absolute atomic E-state index is 12.4. The van der Waals surface area contributed by atoms with Gasteiger partial charge in [0.25, 0.3) is 0 Å². The molecule has 1 aromatic heterocycles. The van der Waals surface area contributed by atoms with Crippen LogP contribution in [-0.2, 0) is 10.0 Å². The number of ketones is 1. The van der Waals surface area contributed by atoms with Gasteiger partial charge in [0.2, 0.25) is 10.0 Å². The van der Waals surface area contributed by atoms with Crippen LogP contribution in [0.3, 0.4) is 0 Å². The van der Waals surface area contributed by atoms with Gasteiger partial charge in [-0.2, -0.15) is 4.31 Å². The zero-order chi connectivity index (χ0) is 17.0. The van der Waals surface area contributed by atoms with Gasteiger partial charge >= 0.3 is 0 Å². The van der Waals surface area contributed by atoms with E-state index in [4.69, 9.17) is 0 Å². The fraction of sp³-hybridized carbons (Fsp3) is 0.312. The molecule has 0 aliphatic carbocycles. The number of nitrogens with zero attached hydrogens (tertiary/aromatic N) is 3. The Morgan fingerprint density at radius 1 is 1.08 bits per heavy atom. The van der Waals surface area contributed by atoms with Crippen LogP contribution in [0, 0.1) is 0 Å². The summed E-state index contributed by atoms with van der Waals surface area (Å²) in [5, 5.41) is 0.541. The number of hydrogen-bond acceptors (Lipinski definition) is 6. The summed E-state index contributed by atoms with van der Waals surface area (Å²) in [6, 6.07) is 7.86. The van der Waals surface area contributed by atoms with Crippen LogP contribution >= 0.6 is 11.8 Å². The highest BCUT2D eigenvalue weighted by molar-refractivity contribution is 7.99. The quantitative estimate of drug-likeness (QED) is 0.445.